The number of carbonyl (C=O) groups is 2. The van der Waals surface area contributed by atoms with Crippen molar-refractivity contribution in [3.05, 3.63) is 34.6 Å². The van der Waals surface area contributed by atoms with E-state index in [4.69, 9.17) is 33.2 Å². The van der Waals surface area contributed by atoms with Crippen LogP contribution in [-0.4, -0.2) is 60.8 Å². The summed E-state index contributed by atoms with van der Waals surface area (Å²) in [5, 5.41) is 17.4. The molecule has 35 heavy (non-hydrogen) atoms. The van der Waals surface area contributed by atoms with Gasteiger partial charge in [0, 0.05) is 31.7 Å². The van der Waals surface area contributed by atoms with Gasteiger partial charge in [-0.25, -0.2) is 14.8 Å². The van der Waals surface area contributed by atoms with Gasteiger partial charge in [-0.2, -0.15) is 10.4 Å². The molecule has 0 saturated carbocycles. The molecular weight excluding hydrogens is 495 g/mol. The van der Waals surface area contributed by atoms with Crippen LogP contribution in [0.2, 0.25) is 10.0 Å². The van der Waals surface area contributed by atoms with E-state index in [1.165, 1.54) is 11.1 Å². The zero-order chi connectivity index (χ0) is 24.9. The molecule has 4 heterocycles. The molecule has 1 saturated heterocycles. The Bertz CT molecular complexity index is 1530. The van der Waals surface area contributed by atoms with Crippen LogP contribution in [-0.2, 0) is 11.8 Å². The van der Waals surface area contributed by atoms with Crippen molar-refractivity contribution in [3.8, 4) is 23.2 Å². The second-order valence-corrected chi connectivity index (χ2v) is 9.00. The molecule has 2 amide bonds. The summed E-state index contributed by atoms with van der Waals surface area (Å²) in [6.45, 7) is 2.27. The van der Waals surface area contributed by atoms with Crippen LogP contribution in [0, 0.1) is 17.2 Å². The SMILES string of the molecule is C[C@@H](NC(=O)Oc1c[nH]c2ncc(-c3nn(C)c4cc(Cl)c(Cl)cc34)nc12)C(=O)N1CC(C#N)C1. The number of ether oxygens (including phenoxy) is 1. The van der Waals surface area contributed by atoms with Gasteiger partial charge in [0.05, 0.1) is 33.7 Å². The summed E-state index contributed by atoms with van der Waals surface area (Å²) in [6.07, 6.45) is 2.19. The molecule has 1 aromatic carbocycles. The van der Waals surface area contributed by atoms with E-state index in [1.807, 2.05) is 0 Å². The first-order valence-electron chi connectivity index (χ1n) is 10.6. The summed E-state index contributed by atoms with van der Waals surface area (Å²) in [6, 6.07) is 4.73. The van der Waals surface area contributed by atoms with Gasteiger partial charge in [-0.15, -0.1) is 0 Å². The molecule has 1 aliphatic heterocycles. The second kappa shape index (κ2) is 8.72. The fraction of sp³-hybridized carbons (Fsp3) is 0.273. The fourth-order valence-corrected chi connectivity index (χ4v) is 4.20. The lowest BCUT2D eigenvalue weighted by Gasteiger charge is -2.36. The summed E-state index contributed by atoms with van der Waals surface area (Å²) in [7, 11) is 1.78. The quantitative estimate of drug-likeness (QED) is 0.427. The lowest BCUT2D eigenvalue weighted by atomic mass is 10.0. The number of amides is 2. The molecule has 1 aliphatic rings. The molecule has 11 nitrogen and oxygen atoms in total. The molecule has 13 heteroatoms. The zero-order valence-electron chi connectivity index (χ0n) is 18.5. The van der Waals surface area contributed by atoms with Crippen LogP contribution in [0.25, 0.3) is 33.5 Å². The van der Waals surface area contributed by atoms with E-state index in [9.17, 15) is 9.59 Å². The van der Waals surface area contributed by atoms with E-state index in [0.717, 1.165) is 10.9 Å². The molecule has 2 N–H and O–H groups in total. The number of H-pyrrole nitrogens is 1. The number of nitrogens with one attached hydrogen (secondary N) is 2. The number of aromatic amines is 1. The number of carbonyl (C=O) groups excluding carboxylic acids is 2. The number of likely N-dealkylation sites (tertiary alicyclic amines) is 1. The van der Waals surface area contributed by atoms with Gasteiger partial charge in [-0.05, 0) is 19.1 Å². The number of fused-ring (bicyclic) bond motifs is 2. The predicted octanol–water partition coefficient (Wildman–Crippen LogP) is 3.28. The maximum Gasteiger partial charge on any atom is 0.413 e. The Balaban J connectivity index is 1.37. The maximum atomic E-state index is 12.5. The number of nitrogens with zero attached hydrogens (tertiary/aromatic N) is 6. The van der Waals surface area contributed by atoms with Gasteiger partial charge < -0.3 is 19.9 Å². The standard InChI is InChI=1S/C22H18Cl2N8O3/c1-10(21(33)32-8-11(5-25)9-32)28-22(34)35-17-7-27-20-19(17)29-15(6-26-20)18-12-3-13(23)14(24)4-16(12)31(2)30-18/h3-4,6-7,10-11H,8-9H2,1-2H3,(H,26,27)(H,28,34)/t10-/m1/s1. The third-order valence-corrected chi connectivity index (χ3v) is 6.49. The first kappa shape index (κ1) is 22.9. The number of benzene rings is 1. The number of nitriles is 1. The number of hydrogen-bond donors (Lipinski definition) is 2. The number of hydrogen-bond acceptors (Lipinski definition) is 7. The molecular formula is C22H18Cl2N8O3. The van der Waals surface area contributed by atoms with E-state index in [-0.39, 0.29) is 17.6 Å². The summed E-state index contributed by atoms with van der Waals surface area (Å²) >= 11 is 12.4. The van der Waals surface area contributed by atoms with Gasteiger partial charge in [0.15, 0.2) is 16.9 Å². The lowest BCUT2D eigenvalue weighted by Crippen LogP contribution is -2.56. The molecule has 1 atom stereocenters. The van der Waals surface area contributed by atoms with E-state index in [2.05, 4.69) is 31.4 Å². The van der Waals surface area contributed by atoms with Crippen molar-refractivity contribution in [2.45, 2.75) is 13.0 Å². The van der Waals surface area contributed by atoms with Crippen LogP contribution in [0.5, 0.6) is 5.75 Å². The Morgan fingerprint density at radius 3 is 2.80 bits per heavy atom. The van der Waals surface area contributed by atoms with E-state index < -0.39 is 12.1 Å². The number of aryl methyl sites for hydroxylation is 1. The highest BCUT2D eigenvalue weighted by Crippen LogP contribution is 2.34. The Labute approximate surface area is 208 Å². The van der Waals surface area contributed by atoms with Crippen LogP contribution >= 0.6 is 23.2 Å². The van der Waals surface area contributed by atoms with Crippen molar-refractivity contribution >= 4 is 57.3 Å². The molecule has 1 fully saturated rings. The van der Waals surface area contributed by atoms with Crippen molar-refractivity contribution in [1.29, 1.82) is 5.26 Å². The van der Waals surface area contributed by atoms with Crippen molar-refractivity contribution in [3.63, 3.8) is 0 Å². The van der Waals surface area contributed by atoms with Crippen molar-refractivity contribution in [1.82, 2.24) is 34.9 Å². The van der Waals surface area contributed by atoms with Crippen LogP contribution < -0.4 is 10.1 Å². The van der Waals surface area contributed by atoms with E-state index in [1.54, 1.807) is 37.0 Å². The molecule has 0 radical (unpaired) electrons. The van der Waals surface area contributed by atoms with Crippen LogP contribution in [0.3, 0.4) is 0 Å². The topological polar surface area (TPSA) is 142 Å². The number of halogens is 2. The van der Waals surface area contributed by atoms with Gasteiger partial charge >= 0.3 is 6.09 Å². The zero-order valence-corrected chi connectivity index (χ0v) is 20.1. The van der Waals surface area contributed by atoms with Gasteiger partial charge in [-0.1, -0.05) is 23.2 Å². The number of aromatic nitrogens is 5. The molecule has 178 valence electrons. The summed E-state index contributed by atoms with van der Waals surface area (Å²) in [5.74, 6) is -0.308. The minimum Gasteiger partial charge on any atom is -0.406 e. The average molecular weight is 513 g/mol. The van der Waals surface area contributed by atoms with Crippen LogP contribution in [0.1, 0.15) is 6.92 Å². The van der Waals surface area contributed by atoms with Gasteiger partial charge in [0.25, 0.3) is 0 Å². The van der Waals surface area contributed by atoms with Crippen molar-refractivity contribution < 1.29 is 14.3 Å². The summed E-state index contributed by atoms with van der Waals surface area (Å²) in [4.78, 5) is 38.2. The van der Waals surface area contributed by atoms with Crippen molar-refractivity contribution in [2.24, 2.45) is 13.0 Å². The molecule has 4 aromatic rings. The highest BCUT2D eigenvalue weighted by Gasteiger charge is 2.33. The first-order chi connectivity index (χ1) is 16.7. The normalized spacial score (nSPS) is 14.5. The van der Waals surface area contributed by atoms with Gasteiger partial charge in [0.2, 0.25) is 5.91 Å². The molecule has 0 spiro atoms. The predicted molar refractivity (Wildman–Crippen MR) is 128 cm³/mol. The second-order valence-electron chi connectivity index (χ2n) is 8.19. The van der Waals surface area contributed by atoms with Crippen molar-refractivity contribution in [2.75, 3.05) is 13.1 Å². The number of rotatable bonds is 4. The van der Waals surface area contributed by atoms with Gasteiger partial charge in [-0.3, -0.25) is 9.48 Å². The van der Waals surface area contributed by atoms with E-state index in [0.29, 0.717) is 45.7 Å². The first-order valence-corrected chi connectivity index (χ1v) is 11.3. The molecule has 3 aromatic heterocycles. The Hall–Kier alpha value is -3.88. The highest BCUT2D eigenvalue weighted by atomic mass is 35.5. The smallest absolute Gasteiger partial charge is 0.406 e. The summed E-state index contributed by atoms with van der Waals surface area (Å²) in [5.41, 5.74) is 2.47. The Morgan fingerprint density at radius 1 is 1.31 bits per heavy atom. The van der Waals surface area contributed by atoms with E-state index >= 15 is 0 Å². The monoisotopic (exact) mass is 512 g/mol. The third kappa shape index (κ3) is 4.11. The molecule has 0 aliphatic carbocycles. The average Bonchev–Trinajstić information content (AvgIpc) is 3.33. The molecule has 0 bridgehead atoms. The lowest BCUT2D eigenvalue weighted by molar-refractivity contribution is -0.137. The van der Waals surface area contributed by atoms with Crippen LogP contribution in [0.4, 0.5) is 4.79 Å². The Morgan fingerprint density at radius 2 is 2.06 bits per heavy atom. The third-order valence-electron chi connectivity index (χ3n) is 5.76. The minimum atomic E-state index is -0.819. The fourth-order valence-electron chi connectivity index (χ4n) is 3.88. The largest absolute Gasteiger partial charge is 0.413 e. The van der Waals surface area contributed by atoms with Gasteiger partial charge in [0.1, 0.15) is 17.4 Å². The maximum absolute atomic E-state index is 12.5. The van der Waals surface area contributed by atoms with Crippen LogP contribution in [0.15, 0.2) is 24.5 Å². The summed E-state index contributed by atoms with van der Waals surface area (Å²) < 4.78 is 7.07. The molecule has 5 rings (SSSR count). The minimum absolute atomic E-state index is 0.140. The highest BCUT2D eigenvalue weighted by molar-refractivity contribution is 6.42. The Kier molecular flexibility index (Phi) is 5.70. The molecule has 0 unspecified atom stereocenters.